The van der Waals surface area contributed by atoms with E-state index >= 15 is 0 Å². The first kappa shape index (κ1) is 13.5. The van der Waals surface area contributed by atoms with Crippen molar-refractivity contribution < 1.29 is 13.2 Å². The van der Waals surface area contributed by atoms with Crippen molar-refractivity contribution in [2.45, 2.75) is 19.5 Å². The third-order valence-electron chi connectivity index (χ3n) is 1.98. The van der Waals surface area contributed by atoms with Crippen LogP contribution in [0.2, 0.25) is 0 Å². The summed E-state index contributed by atoms with van der Waals surface area (Å²) in [5.41, 5.74) is 0. The minimum atomic E-state index is -4.53. The van der Waals surface area contributed by atoms with Gasteiger partial charge in [-0.2, -0.15) is 13.2 Å². The van der Waals surface area contributed by atoms with E-state index in [1.807, 2.05) is 6.92 Å². The van der Waals surface area contributed by atoms with E-state index in [1.54, 1.807) is 14.1 Å². The number of halogens is 3. The van der Waals surface area contributed by atoms with Crippen molar-refractivity contribution in [2.75, 3.05) is 30.9 Å². The maximum absolute atomic E-state index is 12.6. The lowest BCUT2D eigenvalue weighted by molar-refractivity contribution is -0.144. The van der Waals surface area contributed by atoms with Gasteiger partial charge in [0.15, 0.2) is 0 Å². The molecule has 1 aromatic heterocycles. The first-order chi connectivity index (χ1) is 7.84. The zero-order chi connectivity index (χ0) is 13.1. The largest absolute Gasteiger partial charge is 0.451 e. The Morgan fingerprint density at radius 1 is 1.29 bits per heavy atom. The zero-order valence-electron chi connectivity index (χ0n) is 9.97. The molecule has 17 heavy (non-hydrogen) atoms. The lowest BCUT2D eigenvalue weighted by atomic mass is 10.4. The van der Waals surface area contributed by atoms with Crippen molar-refractivity contribution in [1.29, 1.82) is 0 Å². The molecule has 0 fully saturated rings. The number of hydrogen-bond acceptors (Lipinski definition) is 4. The fourth-order valence-electron chi connectivity index (χ4n) is 1.13. The second kappa shape index (κ2) is 5.20. The van der Waals surface area contributed by atoms with Gasteiger partial charge in [-0.1, -0.05) is 6.92 Å². The molecule has 0 spiro atoms. The van der Waals surface area contributed by atoms with Crippen LogP contribution in [0.4, 0.5) is 24.8 Å². The molecule has 0 unspecified atom stereocenters. The van der Waals surface area contributed by atoms with Crippen LogP contribution in [0.15, 0.2) is 6.07 Å². The summed E-state index contributed by atoms with van der Waals surface area (Å²) >= 11 is 0. The summed E-state index contributed by atoms with van der Waals surface area (Å²) in [6.45, 7) is 2.49. The normalized spacial score (nSPS) is 11.4. The molecule has 0 aromatic carbocycles. The summed E-state index contributed by atoms with van der Waals surface area (Å²) < 4.78 is 37.7. The predicted octanol–water partition coefficient (Wildman–Crippen LogP) is 2.38. The van der Waals surface area contributed by atoms with Gasteiger partial charge in [0.1, 0.15) is 11.6 Å². The van der Waals surface area contributed by atoms with E-state index < -0.39 is 12.0 Å². The molecular weight excluding hydrogens is 233 g/mol. The molecule has 1 aromatic rings. The van der Waals surface area contributed by atoms with Crippen LogP contribution in [0, 0.1) is 0 Å². The number of rotatable bonds is 4. The van der Waals surface area contributed by atoms with E-state index in [1.165, 1.54) is 11.0 Å². The second-order valence-electron chi connectivity index (χ2n) is 3.75. The Kier molecular flexibility index (Phi) is 4.14. The van der Waals surface area contributed by atoms with E-state index in [4.69, 9.17) is 0 Å². The average molecular weight is 248 g/mol. The summed E-state index contributed by atoms with van der Waals surface area (Å²) in [5.74, 6) is -0.703. The highest BCUT2D eigenvalue weighted by atomic mass is 19.4. The molecule has 0 amide bonds. The third-order valence-corrected chi connectivity index (χ3v) is 1.98. The predicted molar refractivity (Wildman–Crippen MR) is 60.1 cm³/mol. The van der Waals surface area contributed by atoms with Gasteiger partial charge in [-0.15, -0.1) is 0 Å². The number of alkyl halides is 3. The van der Waals surface area contributed by atoms with Crippen LogP contribution in [-0.4, -0.2) is 30.6 Å². The monoisotopic (exact) mass is 248 g/mol. The minimum absolute atomic E-state index is 0.192. The topological polar surface area (TPSA) is 41.0 Å². The molecule has 1 N–H and O–H groups in total. The maximum Gasteiger partial charge on any atom is 0.451 e. The average Bonchev–Trinajstić information content (AvgIpc) is 2.24. The van der Waals surface area contributed by atoms with Gasteiger partial charge < -0.3 is 10.2 Å². The molecule has 7 heteroatoms. The van der Waals surface area contributed by atoms with Crippen molar-refractivity contribution >= 4 is 11.6 Å². The van der Waals surface area contributed by atoms with Gasteiger partial charge in [-0.05, 0) is 6.42 Å². The molecule has 1 rings (SSSR count). The Hall–Kier alpha value is -1.53. The Balaban J connectivity index is 3.10. The molecule has 1 heterocycles. The number of aromatic nitrogens is 2. The molecule has 0 saturated carbocycles. The van der Waals surface area contributed by atoms with Gasteiger partial charge >= 0.3 is 6.18 Å². The standard InChI is InChI=1S/C10H15F3N4/c1-4-5-14-7-6-8(17(2)3)16-9(15-7)10(11,12)13/h6H,4-5H2,1-3H3,(H,14,15,16). The summed E-state index contributed by atoms with van der Waals surface area (Å²) in [4.78, 5) is 8.42. The summed E-state index contributed by atoms with van der Waals surface area (Å²) in [6.07, 6.45) is -3.72. The van der Waals surface area contributed by atoms with Gasteiger partial charge in [0.05, 0.1) is 0 Å². The third kappa shape index (κ3) is 3.76. The molecule has 0 saturated heterocycles. The van der Waals surface area contributed by atoms with Gasteiger partial charge in [0.25, 0.3) is 0 Å². The first-order valence-corrected chi connectivity index (χ1v) is 5.22. The molecule has 0 atom stereocenters. The highest BCUT2D eigenvalue weighted by Crippen LogP contribution is 2.28. The van der Waals surface area contributed by atoms with Gasteiger partial charge in [0.2, 0.25) is 5.82 Å². The van der Waals surface area contributed by atoms with Crippen LogP contribution in [-0.2, 0) is 6.18 Å². The van der Waals surface area contributed by atoms with Crippen molar-refractivity contribution in [3.63, 3.8) is 0 Å². The van der Waals surface area contributed by atoms with Gasteiger partial charge in [0, 0.05) is 26.7 Å². The van der Waals surface area contributed by atoms with E-state index in [0.29, 0.717) is 6.54 Å². The highest BCUT2D eigenvalue weighted by Gasteiger charge is 2.35. The van der Waals surface area contributed by atoms with Gasteiger partial charge in [-0.3, -0.25) is 0 Å². The van der Waals surface area contributed by atoms with E-state index in [2.05, 4.69) is 15.3 Å². The van der Waals surface area contributed by atoms with Crippen molar-refractivity contribution in [1.82, 2.24) is 9.97 Å². The molecule has 0 aliphatic carbocycles. The minimum Gasteiger partial charge on any atom is -0.370 e. The zero-order valence-corrected chi connectivity index (χ0v) is 9.97. The quantitative estimate of drug-likeness (QED) is 0.888. The number of nitrogens with one attached hydrogen (secondary N) is 1. The fourth-order valence-corrected chi connectivity index (χ4v) is 1.13. The summed E-state index contributed by atoms with van der Waals surface area (Å²) in [7, 11) is 3.26. The number of anilines is 2. The van der Waals surface area contributed by atoms with Crippen LogP contribution < -0.4 is 10.2 Å². The highest BCUT2D eigenvalue weighted by molar-refractivity contribution is 5.48. The van der Waals surface area contributed by atoms with Crippen LogP contribution in [0.3, 0.4) is 0 Å². The Morgan fingerprint density at radius 3 is 2.41 bits per heavy atom. The molecule has 0 radical (unpaired) electrons. The second-order valence-corrected chi connectivity index (χ2v) is 3.75. The number of nitrogens with zero attached hydrogens (tertiary/aromatic N) is 3. The Morgan fingerprint density at radius 2 is 1.94 bits per heavy atom. The van der Waals surface area contributed by atoms with E-state index in [-0.39, 0.29) is 11.6 Å². The SMILES string of the molecule is CCCNc1cc(N(C)C)nc(C(F)(F)F)n1. The Bertz CT molecular complexity index is 376. The lowest BCUT2D eigenvalue weighted by Crippen LogP contribution is -2.18. The van der Waals surface area contributed by atoms with Crippen LogP contribution in [0.5, 0.6) is 0 Å². The number of hydrogen-bond donors (Lipinski definition) is 1. The smallest absolute Gasteiger partial charge is 0.370 e. The first-order valence-electron chi connectivity index (χ1n) is 5.22. The van der Waals surface area contributed by atoms with E-state index in [0.717, 1.165) is 6.42 Å². The van der Waals surface area contributed by atoms with Crippen LogP contribution >= 0.6 is 0 Å². The molecule has 0 bridgehead atoms. The molecule has 0 aliphatic heterocycles. The maximum atomic E-state index is 12.6. The lowest BCUT2D eigenvalue weighted by Gasteiger charge is -2.15. The molecule has 0 aliphatic rings. The van der Waals surface area contributed by atoms with Crippen LogP contribution in [0.1, 0.15) is 19.2 Å². The summed E-state index contributed by atoms with van der Waals surface area (Å²) in [6, 6.07) is 1.49. The van der Waals surface area contributed by atoms with Crippen molar-refractivity contribution in [3.8, 4) is 0 Å². The van der Waals surface area contributed by atoms with E-state index in [9.17, 15) is 13.2 Å². The van der Waals surface area contributed by atoms with Crippen molar-refractivity contribution in [3.05, 3.63) is 11.9 Å². The molecular formula is C10H15F3N4. The van der Waals surface area contributed by atoms with Crippen LogP contribution in [0.25, 0.3) is 0 Å². The van der Waals surface area contributed by atoms with Gasteiger partial charge in [-0.25, -0.2) is 9.97 Å². The van der Waals surface area contributed by atoms with Crippen molar-refractivity contribution in [2.24, 2.45) is 0 Å². The fraction of sp³-hybridized carbons (Fsp3) is 0.600. The molecule has 96 valence electrons. The Labute approximate surface area is 97.9 Å². The summed E-state index contributed by atoms with van der Waals surface area (Å²) in [5, 5.41) is 2.82. The molecule has 4 nitrogen and oxygen atoms in total.